The topological polar surface area (TPSA) is 90.0 Å². The van der Waals surface area contributed by atoms with Gasteiger partial charge in [-0.25, -0.2) is 4.79 Å². The van der Waals surface area contributed by atoms with E-state index in [1.54, 1.807) is 6.08 Å². The van der Waals surface area contributed by atoms with Crippen molar-refractivity contribution < 1.29 is 19.5 Å². The summed E-state index contributed by atoms with van der Waals surface area (Å²) in [7, 11) is 0. The Balaban J connectivity index is 1.54. The molecule has 2 N–H and O–H groups in total. The zero-order valence-corrected chi connectivity index (χ0v) is 13.2. The maximum absolute atomic E-state index is 12.6. The Labute approximate surface area is 139 Å². The first-order valence-corrected chi connectivity index (χ1v) is 8.63. The highest BCUT2D eigenvalue weighted by Gasteiger charge is 2.60. The van der Waals surface area contributed by atoms with Crippen molar-refractivity contribution in [2.45, 2.75) is 43.8 Å². The number of nitrogens with one attached hydrogen (secondary N) is 1. The number of nitrogens with zero attached hydrogens (tertiary/aromatic N) is 2. The Morgan fingerprint density at radius 1 is 1.25 bits per heavy atom. The van der Waals surface area contributed by atoms with Crippen LogP contribution in [0.15, 0.2) is 22.9 Å². The molecule has 3 atom stereocenters. The van der Waals surface area contributed by atoms with E-state index >= 15 is 0 Å². The fraction of sp³-hybridized carbons (Fsp3) is 0.588. The number of carboxylic acids is 1. The lowest BCUT2D eigenvalue weighted by atomic mass is 9.79. The number of likely N-dealkylation sites (tertiary alicyclic amines) is 1. The summed E-state index contributed by atoms with van der Waals surface area (Å²) < 4.78 is 0. The van der Waals surface area contributed by atoms with Crippen LogP contribution in [-0.2, 0) is 14.4 Å². The van der Waals surface area contributed by atoms with Gasteiger partial charge in [-0.15, -0.1) is 0 Å². The van der Waals surface area contributed by atoms with Crippen LogP contribution >= 0.6 is 0 Å². The summed E-state index contributed by atoms with van der Waals surface area (Å²) in [5.41, 5.74) is 1.45. The van der Waals surface area contributed by atoms with E-state index in [-0.39, 0.29) is 35.5 Å². The molecule has 1 saturated carbocycles. The summed E-state index contributed by atoms with van der Waals surface area (Å²) in [6.07, 6.45) is 5.39. The zero-order valence-electron chi connectivity index (χ0n) is 13.2. The second-order valence-electron chi connectivity index (χ2n) is 7.28. The first-order chi connectivity index (χ1) is 11.6. The number of β-lactam (4-membered cyclic amide) rings is 1. The molecule has 24 heavy (non-hydrogen) atoms. The number of rotatable bonds is 3. The second-order valence-corrected chi connectivity index (χ2v) is 7.28. The van der Waals surface area contributed by atoms with E-state index in [2.05, 4.69) is 5.32 Å². The Bertz CT molecular complexity index is 736. The summed E-state index contributed by atoms with van der Waals surface area (Å²) in [4.78, 5) is 39.9. The Hall–Kier alpha value is -2.15. The average molecular weight is 329 g/mol. The first kappa shape index (κ1) is 14.2. The van der Waals surface area contributed by atoms with Crippen molar-refractivity contribution in [3.63, 3.8) is 0 Å². The molecule has 126 valence electrons. The molecule has 7 heteroatoms. The van der Waals surface area contributed by atoms with Crippen LogP contribution in [0.4, 0.5) is 0 Å². The first-order valence-electron chi connectivity index (χ1n) is 8.63. The largest absolute Gasteiger partial charge is 0.477 e. The van der Waals surface area contributed by atoms with Crippen LogP contribution < -0.4 is 5.32 Å². The fourth-order valence-electron chi connectivity index (χ4n) is 4.70. The minimum absolute atomic E-state index is 0.0234. The summed E-state index contributed by atoms with van der Waals surface area (Å²) in [6, 6.07) is 0.0150. The number of carbonyl (C=O) groups is 3. The van der Waals surface area contributed by atoms with Crippen LogP contribution in [0.3, 0.4) is 0 Å². The number of allylic oxidation sites excluding steroid dienone is 1. The number of carboxylic acid groups (broad SMARTS) is 1. The highest BCUT2D eigenvalue weighted by molar-refractivity contribution is 6.03. The maximum Gasteiger partial charge on any atom is 0.352 e. The SMILES string of the molecule is O=C(O)C1=C(/C=C2\CCN(C3CC3)C2=O)C2CCN[C@@H]3C(=O)N1[C@H]23. The summed E-state index contributed by atoms with van der Waals surface area (Å²) in [5.74, 6) is -1.17. The number of aliphatic carboxylic acids is 1. The molecule has 0 aromatic carbocycles. The monoisotopic (exact) mass is 329 g/mol. The van der Waals surface area contributed by atoms with Crippen LogP contribution in [-0.4, -0.2) is 63.9 Å². The Morgan fingerprint density at radius 3 is 2.75 bits per heavy atom. The summed E-state index contributed by atoms with van der Waals surface area (Å²) in [6.45, 7) is 1.43. The number of hydrogen-bond donors (Lipinski definition) is 2. The normalized spacial score (nSPS) is 36.5. The lowest BCUT2D eigenvalue weighted by molar-refractivity contribution is -0.154. The van der Waals surface area contributed by atoms with Crippen LogP contribution in [0.25, 0.3) is 0 Å². The number of carbonyl (C=O) groups excluding carboxylic acids is 2. The van der Waals surface area contributed by atoms with Crippen molar-refractivity contribution in [2.75, 3.05) is 13.1 Å². The van der Waals surface area contributed by atoms with Gasteiger partial charge in [-0.05, 0) is 43.9 Å². The van der Waals surface area contributed by atoms with Crippen LogP contribution in [0.5, 0.6) is 0 Å². The van der Waals surface area contributed by atoms with Crippen molar-refractivity contribution in [3.8, 4) is 0 Å². The molecule has 5 aliphatic rings. The molecular weight excluding hydrogens is 310 g/mol. The molecule has 2 amide bonds. The number of hydrogen-bond acceptors (Lipinski definition) is 4. The lowest BCUT2D eigenvalue weighted by Gasteiger charge is -2.48. The van der Waals surface area contributed by atoms with E-state index in [0.29, 0.717) is 30.2 Å². The van der Waals surface area contributed by atoms with Crippen molar-refractivity contribution >= 4 is 17.8 Å². The molecule has 1 unspecified atom stereocenters. The predicted octanol–water partition coefficient (Wildman–Crippen LogP) is -0.151. The zero-order chi connectivity index (χ0) is 16.6. The van der Waals surface area contributed by atoms with Gasteiger partial charge in [0.1, 0.15) is 11.7 Å². The van der Waals surface area contributed by atoms with Crippen molar-refractivity contribution in [2.24, 2.45) is 5.92 Å². The minimum Gasteiger partial charge on any atom is -0.477 e. The van der Waals surface area contributed by atoms with Gasteiger partial charge in [0.05, 0.1) is 6.04 Å². The van der Waals surface area contributed by atoms with Gasteiger partial charge in [-0.3, -0.25) is 14.5 Å². The quantitative estimate of drug-likeness (QED) is 0.555. The summed E-state index contributed by atoms with van der Waals surface area (Å²) in [5, 5.41) is 12.8. The van der Waals surface area contributed by atoms with Gasteiger partial charge in [0.2, 0.25) is 11.8 Å². The molecular formula is C17H19N3O4. The van der Waals surface area contributed by atoms with Gasteiger partial charge >= 0.3 is 5.97 Å². The van der Waals surface area contributed by atoms with Crippen molar-refractivity contribution in [1.82, 2.24) is 15.1 Å². The van der Waals surface area contributed by atoms with Gasteiger partial charge in [0.15, 0.2) is 0 Å². The third-order valence-electron chi connectivity index (χ3n) is 5.97. The summed E-state index contributed by atoms with van der Waals surface area (Å²) >= 11 is 0. The molecule has 0 aromatic rings. The van der Waals surface area contributed by atoms with E-state index in [1.165, 1.54) is 4.90 Å². The minimum atomic E-state index is -1.08. The molecule has 1 aliphatic carbocycles. The van der Waals surface area contributed by atoms with E-state index in [0.717, 1.165) is 25.8 Å². The van der Waals surface area contributed by atoms with Crippen molar-refractivity contribution in [1.29, 1.82) is 0 Å². The molecule has 3 saturated heterocycles. The van der Waals surface area contributed by atoms with E-state index in [1.807, 2.05) is 4.90 Å². The van der Waals surface area contributed by atoms with E-state index in [9.17, 15) is 19.5 Å². The molecule has 0 aromatic heterocycles. The molecule has 7 nitrogen and oxygen atoms in total. The van der Waals surface area contributed by atoms with E-state index in [4.69, 9.17) is 0 Å². The highest BCUT2D eigenvalue weighted by atomic mass is 16.4. The van der Waals surface area contributed by atoms with Crippen LogP contribution in [0, 0.1) is 5.92 Å². The molecule has 0 bridgehead atoms. The smallest absolute Gasteiger partial charge is 0.352 e. The average Bonchev–Trinajstić information content (AvgIpc) is 3.26. The Morgan fingerprint density at radius 2 is 2.04 bits per heavy atom. The molecule has 0 spiro atoms. The van der Waals surface area contributed by atoms with Gasteiger partial charge in [-0.2, -0.15) is 0 Å². The Kier molecular flexibility index (Phi) is 2.78. The lowest BCUT2D eigenvalue weighted by Crippen LogP contribution is -2.71. The van der Waals surface area contributed by atoms with Gasteiger partial charge in [0, 0.05) is 24.1 Å². The van der Waals surface area contributed by atoms with Crippen LogP contribution in [0.1, 0.15) is 25.7 Å². The standard InChI is InChI=1S/C17H19N3O4/c21-15-8(4-6-19(15)9-1-2-9)7-11-10-3-5-18-12-13(10)20(16(12)22)14(11)17(23)24/h7,9-10,12-13,18H,1-6H2,(H,23,24)/b8-7+/t10?,12-,13+/m0/s1. The van der Waals surface area contributed by atoms with Gasteiger partial charge < -0.3 is 15.3 Å². The number of piperidine rings is 1. The highest BCUT2D eigenvalue weighted by Crippen LogP contribution is 2.47. The second kappa shape index (κ2) is 4.69. The van der Waals surface area contributed by atoms with Crippen LogP contribution in [0.2, 0.25) is 0 Å². The maximum atomic E-state index is 12.6. The third kappa shape index (κ3) is 1.73. The number of amides is 2. The predicted molar refractivity (Wildman–Crippen MR) is 82.6 cm³/mol. The molecule has 4 fully saturated rings. The molecule has 4 aliphatic heterocycles. The molecule has 5 rings (SSSR count). The fourth-order valence-corrected chi connectivity index (χ4v) is 4.70. The molecule has 0 radical (unpaired) electrons. The van der Waals surface area contributed by atoms with E-state index < -0.39 is 5.97 Å². The van der Waals surface area contributed by atoms with Gasteiger partial charge in [-0.1, -0.05) is 0 Å². The molecule has 4 heterocycles. The van der Waals surface area contributed by atoms with Crippen molar-refractivity contribution in [3.05, 3.63) is 22.9 Å². The van der Waals surface area contributed by atoms with Gasteiger partial charge in [0.25, 0.3) is 0 Å². The third-order valence-corrected chi connectivity index (χ3v) is 5.97.